The molecule has 1 N–H and O–H groups in total. The summed E-state index contributed by atoms with van der Waals surface area (Å²) in [7, 11) is 0. The van der Waals surface area contributed by atoms with E-state index in [1.54, 1.807) is 6.26 Å². The van der Waals surface area contributed by atoms with Gasteiger partial charge in [0, 0.05) is 6.04 Å². The second-order valence-corrected chi connectivity index (χ2v) is 5.41. The molecule has 1 aromatic heterocycles. The maximum atomic E-state index is 5.43. The van der Waals surface area contributed by atoms with Gasteiger partial charge in [-0.3, -0.25) is 0 Å². The van der Waals surface area contributed by atoms with Gasteiger partial charge in [-0.15, -0.1) is 0 Å². The predicted molar refractivity (Wildman–Crippen MR) is 66.2 cm³/mol. The zero-order valence-corrected chi connectivity index (χ0v) is 10.6. The van der Waals surface area contributed by atoms with Gasteiger partial charge in [0.1, 0.15) is 5.76 Å². The summed E-state index contributed by atoms with van der Waals surface area (Å²) in [6, 6.07) is 4.99. The Kier molecular flexibility index (Phi) is 3.70. The molecule has 0 saturated heterocycles. The van der Waals surface area contributed by atoms with Crippen molar-refractivity contribution < 1.29 is 4.42 Å². The largest absolute Gasteiger partial charge is 0.468 e. The second kappa shape index (κ2) is 5.05. The van der Waals surface area contributed by atoms with Crippen LogP contribution < -0.4 is 5.32 Å². The molecule has 0 amide bonds. The fourth-order valence-electron chi connectivity index (χ4n) is 2.85. The van der Waals surface area contributed by atoms with Gasteiger partial charge in [-0.1, -0.05) is 13.8 Å². The predicted octanol–water partition coefficient (Wildman–Crippen LogP) is 3.75. The number of furan rings is 1. The van der Waals surface area contributed by atoms with Gasteiger partial charge in [0.05, 0.1) is 12.3 Å². The van der Waals surface area contributed by atoms with Gasteiger partial charge in [0.2, 0.25) is 0 Å². The second-order valence-electron chi connectivity index (χ2n) is 5.41. The summed E-state index contributed by atoms with van der Waals surface area (Å²) in [5.41, 5.74) is 0. The molecule has 2 rings (SSSR count). The zero-order valence-electron chi connectivity index (χ0n) is 10.6. The normalized spacial score (nSPS) is 32.6. The maximum Gasteiger partial charge on any atom is 0.120 e. The van der Waals surface area contributed by atoms with Gasteiger partial charge in [0.15, 0.2) is 0 Å². The van der Waals surface area contributed by atoms with E-state index in [0.717, 1.165) is 17.6 Å². The van der Waals surface area contributed by atoms with Crippen LogP contribution >= 0.6 is 0 Å². The van der Waals surface area contributed by atoms with Crippen LogP contribution in [0.3, 0.4) is 0 Å². The number of nitrogens with one attached hydrogen (secondary N) is 1. The minimum Gasteiger partial charge on any atom is -0.468 e. The summed E-state index contributed by atoms with van der Waals surface area (Å²) in [6.07, 6.45) is 5.75. The molecular weight excluding hydrogens is 198 g/mol. The van der Waals surface area contributed by atoms with Crippen molar-refractivity contribution in [2.75, 3.05) is 0 Å². The van der Waals surface area contributed by atoms with E-state index < -0.39 is 0 Å². The first-order valence-corrected chi connectivity index (χ1v) is 6.46. The lowest BCUT2D eigenvalue weighted by Crippen LogP contribution is -2.40. The Morgan fingerprint density at radius 1 is 1.38 bits per heavy atom. The molecule has 2 nitrogen and oxygen atoms in total. The van der Waals surface area contributed by atoms with E-state index in [9.17, 15) is 0 Å². The third-order valence-corrected chi connectivity index (χ3v) is 3.87. The highest BCUT2D eigenvalue weighted by Gasteiger charge is 2.26. The smallest absolute Gasteiger partial charge is 0.120 e. The highest BCUT2D eigenvalue weighted by Crippen LogP contribution is 2.30. The molecular formula is C14H23NO. The molecule has 0 radical (unpaired) electrons. The molecule has 1 fully saturated rings. The lowest BCUT2D eigenvalue weighted by atomic mass is 9.79. The van der Waals surface area contributed by atoms with Crippen LogP contribution in [0, 0.1) is 11.8 Å². The lowest BCUT2D eigenvalue weighted by Gasteiger charge is -2.34. The molecule has 4 atom stereocenters. The Hall–Kier alpha value is -0.760. The molecule has 3 unspecified atom stereocenters. The van der Waals surface area contributed by atoms with Crippen LogP contribution in [0.4, 0.5) is 0 Å². The van der Waals surface area contributed by atoms with Crippen molar-refractivity contribution in [3.8, 4) is 0 Å². The van der Waals surface area contributed by atoms with Gasteiger partial charge in [-0.2, -0.15) is 0 Å². The molecule has 0 spiro atoms. The van der Waals surface area contributed by atoms with E-state index in [0.29, 0.717) is 12.1 Å². The van der Waals surface area contributed by atoms with Crippen molar-refractivity contribution in [1.29, 1.82) is 0 Å². The lowest BCUT2D eigenvalue weighted by molar-refractivity contribution is 0.210. The Morgan fingerprint density at radius 3 is 2.81 bits per heavy atom. The van der Waals surface area contributed by atoms with Crippen LogP contribution in [0.15, 0.2) is 22.8 Å². The topological polar surface area (TPSA) is 25.2 Å². The Labute approximate surface area is 98.4 Å². The average molecular weight is 221 g/mol. The summed E-state index contributed by atoms with van der Waals surface area (Å²) in [5.74, 6) is 2.72. The summed E-state index contributed by atoms with van der Waals surface area (Å²) in [5, 5.41) is 3.70. The summed E-state index contributed by atoms with van der Waals surface area (Å²) >= 11 is 0. The molecule has 16 heavy (non-hydrogen) atoms. The Morgan fingerprint density at radius 2 is 2.19 bits per heavy atom. The fraction of sp³-hybridized carbons (Fsp3) is 0.714. The monoisotopic (exact) mass is 221 g/mol. The van der Waals surface area contributed by atoms with E-state index in [2.05, 4.69) is 26.1 Å². The van der Waals surface area contributed by atoms with Crippen LogP contribution in [-0.2, 0) is 0 Å². The average Bonchev–Trinajstić information content (AvgIpc) is 2.75. The van der Waals surface area contributed by atoms with Crippen LogP contribution in [0.5, 0.6) is 0 Å². The fourth-order valence-corrected chi connectivity index (χ4v) is 2.85. The van der Waals surface area contributed by atoms with E-state index >= 15 is 0 Å². The Balaban J connectivity index is 1.89. The van der Waals surface area contributed by atoms with Gasteiger partial charge in [-0.25, -0.2) is 0 Å². The molecule has 1 aliphatic carbocycles. The molecule has 0 bridgehead atoms. The van der Waals surface area contributed by atoms with Gasteiger partial charge >= 0.3 is 0 Å². The molecule has 1 aliphatic rings. The summed E-state index contributed by atoms with van der Waals surface area (Å²) in [6.45, 7) is 6.91. The minimum absolute atomic E-state index is 0.329. The molecule has 1 saturated carbocycles. The molecule has 2 heteroatoms. The molecule has 0 aromatic carbocycles. The van der Waals surface area contributed by atoms with E-state index in [-0.39, 0.29) is 0 Å². The van der Waals surface area contributed by atoms with Gasteiger partial charge in [-0.05, 0) is 50.2 Å². The number of hydrogen-bond donors (Lipinski definition) is 1. The highest BCUT2D eigenvalue weighted by molar-refractivity contribution is 5.03. The third kappa shape index (κ3) is 2.67. The zero-order chi connectivity index (χ0) is 11.5. The standard InChI is InChI=1S/C14H23NO/c1-10-6-7-13(11(2)9-10)15-12(3)14-5-4-8-16-14/h4-5,8,10-13,15H,6-7,9H2,1-3H3/t10?,11?,12-,13?/m0/s1. The molecule has 1 aromatic rings. The third-order valence-electron chi connectivity index (χ3n) is 3.87. The van der Waals surface area contributed by atoms with Crippen molar-refractivity contribution in [2.24, 2.45) is 11.8 Å². The van der Waals surface area contributed by atoms with E-state index in [1.165, 1.54) is 19.3 Å². The SMILES string of the molecule is CC1CCC(N[C@@H](C)c2ccco2)C(C)C1. The van der Waals surface area contributed by atoms with Crippen molar-refractivity contribution >= 4 is 0 Å². The summed E-state index contributed by atoms with van der Waals surface area (Å²) < 4.78 is 5.43. The summed E-state index contributed by atoms with van der Waals surface area (Å²) in [4.78, 5) is 0. The van der Waals surface area contributed by atoms with Crippen LogP contribution in [0.25, 0.3) is 0 Å². The van der Waals surface area contributed by atoms with Crippen LogP contribution in [-0.4, -0.2) is 6.04 Å². The van der Waals surface area contributed by atoms with E-state index in [1.807, 2.05) is 12.1 Å². The maximum absolute atomic E-state index is 5.43. The molecule has 0 aliphatic heterocycles. The first-order valence-electron chi connectivity index (χ1n) is 6.46. The van der Waals surface area contributed by atoms with Crippen molar-refractivity contribution in [3.63, 3.8) is 0 Å². The van der Waals surface area contributed by atoms with Crippen LogP contribution in [0.2, 0.25) is 0 Å². The minimum atomic E-state index is 0.329. The van der Waals surface area contributed by atoms with Gasteiger partial charge in [0.25, 0.3) is 0 Å². The van der Waals surface area contributed by atoms with Crippen LogP contribution in [0.1, 0.15) is 51.8 Å². The van der Waals surface area contributed by atoms with Crippen molar-refractivity contribution in [1.82, 2.24) is 5.32 Å². The number of hydrogen-bond acceptors (Lipinski definition) is 2. The Bertz CT molecular complexity index is 307. The van der Waals surface area contributed by atoms with E-state index in [4.69, 9.17) is 4.42 Å². The first kappa shape index (κ1) is 11.7. The number of rotatable bonds is 3. The first-order chi connectivity index (χ1) is 7.66. The van der Waals surface area contributed by atoms with Gasteiger partial charge < -0.3 is 9.73 Å². The highest BCUT2D eigenvalue weighted by atomic mass is 16.3. The van der Waals surface area contributed by atoms with Crippen molar-refractivity contribution in [3.05, 3.63) is 24.2 Å². The van der Waals surface area contributed by atoms with Crippen molar-refractivity contribution in [2.45, 2.75) is 52.1 Å². The molecule has 90 valence electrons. The molecule has 1 heterocycles. The quantitative estimate of drug-likeness (QED) is 0.840.